The first-order valence-corrected chi connectivity index (χ1v) is 8.87. The first-order chi connectivity index (χ1) is 11.4. The third-order valence-corrected chi connectivity index (χ3v) is 6.16. The Bertz CT molecular complexity index is 668. The third-order valence-electron chi connectivity index (χ3n) is 6.16. The van der Waals surface area contributed by atoms with Gasteiger partial charge in [-0.2, -0.15) is 0 Å². The number of hydrogen-bond acceptors (Lipinski definition) is 2. The summed E-state index contributed by atoms with van der Waals surface area (Å²) in [5.41, 5.74) is 2.14. The minimum atomic E-state index is -0.367. The number of benzene rings is 1. The van der Waals surface area contributed by atoms with Crippen LogP contribution in [0, 0.1) is 22.7 Å². The van der Waals surface area contributed by atoms with Crippen molar-refractivity contribution in [3.8, 4) is 0 Å². The molecule has 0 amide bonds. The number of hydrogen-bond donors (Lipinski definition) is 0. The lowest BCUT2D eigenvalue weighted by atomic mass is 9.50. The fourth-order valence-electron chi connectivity index (χ4n) is 4.59. The molecule has 0 N–H and O–H groups in total. The highest BCUT2D eigenvalue weighted by molar-refractivity contribution is 5.96. The average Bonchev–Trinajstić information content (AvgIpc) is 2.55. The second-order valence-corrected chi connectivity index (χ2v) is 8.09. The lowest BCUT2D eigenvalue weighted by Gasteiger charge is -2.52. The molecular formula is C22H28O2. The molecule has 3 atom stereocenters. The van der Waals surface area contributed by atoms with Gasteiger partial charge in [0.15, 0.2) is 5.78 Å². The number of allylic oxidation sites excluding steroid dienone is 3. The zero-order valence-electron chi connectivity index (χ0n) is 15.2. The molecule has 24 heavy (non-hydrogen) atoms. The van der Waals surface area contributed by atoms with Crippen LogP contribution in [0.1, 0.15) is 39.7 Å². The van der Waals surface area contributed by atoms with Crippen LogP contribution in [0.3, 0.4) is 0 Å². The van der Waals surface area contributed by atoms with Crippen molar-refractivity contribution >= 4 is 5.78 Å². The van der Waals surface area contributed by atoms with Gasteiger partial charge in [-0.05, 0) is 36.3 Å². The van der Waals surface area contributed by atoms with Gasteiger partial charge >= 0.3 is 0 Å². The van der Waals surface area contributed by atoms with Gasteiger partial charge in [-0.3, -0.25) is 4.79 Å². The Balaban J connectivity index is 1.80. The normalized spacial score (nSPS) is 31.5. The molecule has 2 nitrogen and oxygen atoms in total. The number of rotatable bonds is 4. The second kappa shape index (κ2) is 6.33. The Kier molecular flexibility index (Phi) is 4.52. The highest BCUT2D eigenvalue weighted by Gasteiger charge is 2.54. The van der Waals surface area contributed by atoms with Crippen LogP contribution in [0.15, 0.2) is 54.1 Å². The molecule has 1 aromatic carbocycles. The largest absolute Gasteiger partial charge is 0.376 e. The standard InChI is InChI=1S/C22H28O2/c1-16-10-11-19-21(2,3)13-12-20(23)22(19,4)18(16)15-24-14-17-8-6-5-7-9-17/h5-10,12-13,18-19H,11,14-15H2,1-4H3/t18-,19-,22-/m0/s1. The van der Waals surface area contributed by atoms with Gasteiger partial charge in [0.25, 0.3) is 0 Å². The van der Waals surface area contributed by atoms with Gasteiger partial charge < -0.3 is 4.74 Å². The lowest BCUT2D eigenvalue weighted by Crippen LogP contribution is -2.52. The average molecular weight is 324 g/mol. The van der Waals surface area contributed by atoms with Crippen LogP contribution < -0.4 is 0 Å². The van der Waals surface area contributed by atoms with E-state index in [2.05, 4.69) is 52.0 Å². The van der Waals surface area contributed by atoms with Crippen LogP contribution in [-0.2, 0) is 16.1 Å². The molecule has 0 radical (unpaired) electrons. The first-order valence-electron chi connectivity index (χ1n) is 8.87. The highest BCUT2D eigenvalue weighted by Crippen LogP contribution is 2.55. The van der Waals surface area contributed by atoms with Crippen LogP contribution in [0.4, 0.5) is 0 Å². The summed E-state index contributed by atoms with van der Waals surface area (Å²) in [6.07, 6.45) is 7.19. The molecule has 0 spiro atoms. The van der Waals surface area contributed by atoms with E-state index in [0.29, 0.717) is 19.1 Å². The molecule has 128 valence electrons. The van der Waals surface area contributed by atoms with Crippen LogP contribution in [0.25, 0.3) is 0 Å². The van der Waals surface area contributed by atoms with E-state index in [1.54, 1.807) is 6.08 Å². The van der Waals surface area contributed by atoms with E-state index >= 15 is 0 Å². The summed E-state index contributed by atoms with van der Waals surface area (Å²) in [5.74, 6) is 0.737. The summed E-state index contributed by atoms with van der Waals surface area (Å²) in [7, 11) is 0. The SMILES string of the molecule is CC1=CC[C@H]2C(C)(C)C=CC(=O)[C@@]2(C)[C@H]1COCc1ccccc1. The van der Waals surface area contributed by atoms with E-state index in [-0.39, 0.29) is 22.5 Å². The first kappa shape index (κ1) is 17.2. The van der Waals surface area contributed by atoms with E-state index in [1.165, 1.54) is 11.1 Å². The summed E-state index contributed by atoms with van der Waals surface area (Å²) >= 11 is 0. The minimum Gasteiger partial charge on any atom is -0.376 e. The van der Waals surface area contributed by atoms with Crippen molar-refractivity contribution in [2.75, 3.05) is 6.61 Å². The van der Waals surface area contributed by atoms with Gasteiger partial charge in [0.2, 0.25) is 0 Å². The van der Waals surface area contributed by atoms with E-state index in [9.17, 15) is 4.79 Å². The Labute approximate surface area is 145 Å². The van der Waals surface area contributed by atoms with E-state index in [1.807, 2.05) is 18.2 Å². The molecule has 1 aromatic rings. The van der Waals surface area contributed by atoms with Gasteiger partial charge in [-0.1, -0.05) is 68.8 Å². The predicted octanol–water partition coefficient (Wildman–Crippen LogP) is 4.96. The number of ketones is 1. The van der Waals surface area contributed by atoms with Crippen LogP contribution in [-0.4, -0.2) is 12.4 Å². The van der Waals surface area contributed by atoms with Gasteiger partial charge in [0.05, 0.1) is 13.2 Å². The van der Waals surface area contributed by atoms with Crippen molar-refractivity contribution in [3.05, 3.63) is 59.7 Å². The van der Waals surface area contributed by atoms with Crippen molar-refractivity contribution in [1.29, 1.82) is 0 Å². The molecule has 0 saturated heterocycles. The van der Waals surface area contributed by atoms with Crippen LogP contribution in [0.5, 0.6) is 0 Å². The summed E-state index contributed by atoms with van der Waals surface area (Å²) in [4.78, 5) is 12.9. The van der Waals surface area contributed by atoms with Crippen molar-refractivity contribution < 1.29 is 9.53 Å². The topological polar surface area (TPSA) is 26.3 Å². The molecule has 2 aliphatic rings. The van der Waals surface area contributed by atoms with Crippen molar-refractivity contribution in [3.63, 3.8) is 0 Å². The molecule has 0 aromatic heterocycles. The number of ether oxygens (including phenoxy) is 1. The molecule has 2 aliphatic carbocycles. The maximum atomic E-state index is 12.9. The lowest BCUT2D eigenvalue weighted by molar-refractivity contribution is -0.136. The molecule has 0 unspecified atom stereocenters. The maximum absolute atomic E-state index is 12.9. The van der Waals surface area contributed by atoms with Gasteiger partial charge in [0.1, 0.15) is 0 Å². The Hall–Kier alpha value is -1.67. The molecule has 2 heteroatoms. The van der Waals surface area contributed by atoms with Gasteiger partial charge in [0, 0.05) is 11.3 Å². The fourth-order valence-corrected chi connectivity index (χ4v) is 4.59. The molecule has 0 fully saturated rings. The molecule has 0 saturated carbocycles. The zero-order chi connectivity index (χ0) is 17.4. The summed E-state index contributed by atoms with van der Waals surface area (Å²) < 4.78 is 6.04. The maximum Gasteiger partial charge on any atom is 0.162 e. The van der Waals surface area contributed by atoms with Crippen molar-refractivity contribution in [1.82, 2.24) is 0 Å². The van der Waals surface area contributed by atoms with Crippen molar-refractivity contribution in [2.24, 2.45) is 22.7 Å². The van der Waals surface area contributed by atoms with E-state index in [4.69, 9.17) is 4.74 Å². The zero-order valence-corrected chi connectivity index (χ0v) is 15.2. The quantitative estimate of drug-likeness (QED) is 0.732. The highest BCUT2D eigenvalue weighted by atomic mass is 16.5. The molecule has 0 aliphatic heterocycles. The number of carbonyl (C=O) groups excluding carboxylic acids is 1. The molecular weight excluding hydrogens is 296 g/mol. The number of carbonyl (C=O) groups is 1. The summed E-state index contributed by atoms with van der Waals surface area (Å²) in [6.45, 7) is 9.98. The van der Waals surface area contributed by atoms with E-state index in [0.717, 1.165) is 6.42 Å². The minimum absolute atomic E-state index is 0.0392. The predicted molar refractivity (Wildman–Crippen MR) is 97.5 cm³/mol. The van der Waals surface area contributed by atoms with E-state index < -0.39 is 0 Å². The number of fused-ring (bicyclic) bond motifs is 1. The Morgan fingerprint density at radius 2 is 1.88 bits per heavy atom. The Morgan fingerprint density at radius 1 is 1.17 bits per heavy atom. The monoisotopic (exact) mass is 324 g/mol. The van der Waals surface area contributed by atoms with Crippen molar-refractivity contribution in [2.45, 2.75) is 40.7 Å². The van der Waals surface area contributed by atoms with Crippen LogP contribution in [0.2, 0.25) is 0 Å². The smallest absolute Gasteiger partial charge is 0.162 e. The second-order valence-electron chi connectivity index (χ2n) is 8.09. The fraction of sp³-hybridized carbons (Fsp3) is 0.500. The van der Waals surface area contributed by atoms with Crippen LogP contribution >= 0.6 is 0 Å². The Morgan fingerprint density at radius 3 is 2.58 bits per heavy atom. The van der Waals surface area contributed by atoms with Gasteiger partial charge in [-0.15, -0.1) is 0 Å². The molecule has 0 heterocycles. The molecule has 0 bridgehead atoms. The summed E-state index contributed by atoms with van der Waals surface area (Å²) in [5, 5.41) is 0. The van der Waals surface area contributed by atoms with Gasteiger partial charge in [-0.25, -0.2) is 0 Å². The summed E-state index contributed by atoms with van der Waals surface area (Å²) in [6, 6.07) is 10.2. The third kappa shape index (κ3) is 2.88. The molecule has 3 rings (SSSR count).